The molecule has 0 aliphatic carbocycles. The third-order valence-electron chi connectivity index (χ3n) is 2.98. The first-order valence-electron chi connectivity index (χ1n) is 6.40. The maximum absolute atomic E-state index is 8.86. The lowest BCUT2D eigenvalue weighted by Crippen LogP contribution is -2.12. The van der Waals surface area contributed by atoms with E-state index in [9.17, 15) is 0 Å². The smallest absolute Gasteiger partial charge is 0.233 e. The number of nitrogens with zero attached hydrogens (tertiary/aromatic N) is 2. The average Bonchev–Trinajstić information content (AvgIpc) is 2.40. The number of ether oxygens (including phenoxy) is 1. The van der Waals surface area contributed by atoms with E-state index in [2.05, 4.69) is 18.8 Å². The zero-order chi connectivity index (χ0) is 13.4. The van der Waals surface area contributed by atoms with Gasteiger partial charge in [0.1, 0.15) is 11.1 Å². The van der Waals surface area contributed by atoms with E-state index in [0.717, 1.165) is 12.8 Å². The summed E-state index contributed by atoms with van der Waals surface area (Å²) in [6, 6.07) is 3.61. The Balaban J connectivity index is 2.60. The molecule has 3 nitrogen and oxygen atoms in total. The van der Waals surface area contributed by atoms with E-state index in [4.69, 9.17) is 21.6 Å². The molecule has 0 N–H and O–H groups in total. The van der Waals surface area contributed by atoms with Crippen molar-refractivity contribution >= 4 is 11.6 Å². The van der Waals surface area contributed by atoms with E-state index in [1.54, 1.807) is 12.3 Å². The Kier molecular flexibility index (Phi) is 6.53. The Labute approximate surface area is 114 Å². The van der Waals surface area contributed by atoms with Crippen LogP contribution < -0.4 is 4.74 Å². The van der Waals surface area contributed by atoms with Gasteiger partial charge in [-0.2, -0.15) is 5.26 Å². The second-order valence-corrected chi connectivity index (χ2v) is 4.69. The van der Waals surface area contributed by atoms with Crippen molar-refractivity contribution in [3.05, 3.63) is 22.8 Å². The number of nitriles is 1. The van der Waals surface area contributed by atoms with E-state index in [1.165, 1.54) is 12.8 Å². The fourth-order valence-electron chi connectivity index (χ4n) is 1.71. The van der Waals surface area contributed by atoms with Crippen molar-refractivity contribution in [2.45, 2.75) is 39.5 Å². The normalized spacial score (nSPS) is 11.9. The summed E-state index contributed by atoms with van der Waals surface area (Å²) in [5.74, 6) is 0.888. The van der Waals surface area contributed by atoms with Crippen molar-refractivity contribution in [3.8, 4) is 11.9 Å². The minimum atomic E-state index is 0.311. The molecule has 0 saturated carbocycles. The van der Waals surface area contributed by atoms with Gasteiger partial charge in [-0.1, -0.05) is 44.7 Å². The van der Waals surface area contributed by atoms with Gasteiger partial charge in [-0.05, 0) is 18.4 Å². The molecule has 1 atom stereocenters. The summed E-state index contributed by atoms with van der Waals surface area (Å²) in [7, 11) is 0. The molecule has 0 radical (unpaired) electrons. The molecule has 0 spiro atoms. The van der Waals surface area contributed by atoms with Crippen molar-refractivity contribution in [2.75, 3.05) is 6.61 Å². The molecule has 1 heterocycles. The fraction of sp³-hybridized carbons (Fsp3) is 0.571. The van der Waals surface area contributed by atoms with Gasteiger partial charge in [-0.3, -0.25) is 0 Å². The number of aromatic nitrogens is 1. The highest BCUT2D eigenvalue weighted by atomic mass is 35.5. The molecule has 0 aromatic carbocycles. The van der Waals surface area contributed by atoms with Crippen molar-refractivity contribution in [1.82, 2.24) is 4.98 Å². The zero-order valence-corrected chi connectivity index (χ0v) is 11.7. The average molecular weight is 267 g/mol. The Morgan fingerprint density at radius 3 is 2.89 bits per heavy atom. The molecular weight excluding hydrogens is 248 g/mol. The second kappa shape index (κ2) is 7.94. The zero-order valence-electron chi connectivity index (χ0n) is 10.9. The van der Waals surface area contributed by atoms with Gasteiger partial charge < -0.3 is 4.74 Å². The van der Waals surface area contributed by atoms with Gasteiger partial charge in [0.05, 0.1) is 12.2 Å². The Bertz CT molecular complexity index is 415. The number of halogens is 1. The minimum Gasteiger partial charge on any atom is -0.476 e. The first-order valence-corrected chi connectivity index (χ1v) is 6.78. The summed E-state index contributed by atoms with van der Waals surface area (Å²) in [5, 5.41) is 9.18. The maximum Gasteiger partial charge on any atom is 0.233 e. The molecule has 1 aromatic rings. The first-order chi connectivity index (χ1) is 8.72. The second-order valence-electron chi connectivity index (χ2n) is 4.32. The number of rotatable bonds is 7. The molecule has 0 amide bonds. The third kappa shape index (κ3) is 4.19. The molecule has 0 aliphatic heterocycles. The summed E-state index contributed by atoms with van der Waals surface area (Å²) in [6.45, 7) is 4.95. The van der Waals surface area contributed by atoms with Gasteiger partial charge in [0.15, 0.2) is 0 Å². The largest absolute Gasteiger partial charge is 0.476 e. The Morgan fingerprint density at radius 2 is 2.28 bits per heavy atom. The van der Waals surface area contributed by atoms with Gasteiger partial charge in [0.2, 0.25) is 5.88 Å². The van der Waals surface area contributed by atoms with E-state index < -0.39 is 0 Å². The molecule has 0 bridgehead atoms. The predicted octanol–water partition coefficient (Wildman–Crippen LogP) is 4.20. The van der Waals surface area contributed by atoms with Crippen LogP contribution in [0.4, 0.5) is 0 Å². The van der Waals surface area contributed by atoms with Gasteiger partial charge in [-0.15, -0.1) is 0 Å². The van der Waals surface area contributed by atoms with Crippen LogP contribution in [0.15, 0.2) is 12.3 Å². The standard InChI is InChI=1S/C14H19ClN2O/c1-3-5-6-11(4-2)10-18-14-13(15)12(9-16)7-8-17-14/h7-8,11H,3-6,10H2,1-2H3. The van der Waals surface area contributed by atoms with Crippen molar-refractivity contribution in [1.29, 1.82) is 5.26 Å². The minimum absolute atomic E-state index is 0.311. The molecule has 0 fully saturated rings. The lowest BCUT2D eigenvalue weighted by atomic mass is 10.0. The van der Waals surface area contributed by atoms with Crippen LogP contribution in [0.1, 0.15) is 45.1 Å². The van der Waals surface area contributed by atoms with E-state index in [1.807, 2.05) is 6.07 Å². The molecule has 18 heavy (non-hydrogen) atoms. The molecule has 0 saturated heterocycles. The van der Waals surface area contributed by atoms with Gasteiger partial charge >= 0.3 is 0 Å². The summed E-state index contributed by atoms with van der Waals surface area (Å²) < 4.78 is 5.64. The summed E-state index contributed by atoms with van der Waals surface area (Å²) in [4.78, 5) is 4.07. The van der Waals surface area contributed by atoms with Gasteiger partial charge in [0, 0.05) is 6.20 Å². The van der Waals surface area contributed by atoms with Gasteiger partial charge in [-0.25, -0.2) is 4.98 Å². The predicted molar refractivity (Wildman–Crippen MR) is 72.8 cm³/mol. The fourth-order valence-corrected chi connectivity index (χ4v) is 1.92. The monoisotopic (exact) mass is 266 g/mol. The topological polar surface area (TPSA) is 45.9 Å². The highest BCUT2D eigenvalue weighted by Gasteiger charge is 2.11. The number of hydrogen-bond donors (Lipinski definition) is 0. The molecule has 4 heteroatoms. The summed E-state index contributed by atoms with van der Waals surface area (Å²) in [6.07, 6.45) is 6.19. The van der Waals surface area contributed by atoms with Crippen molar-refractivity contribution in [3.63, 3.8) is 0 Å². The van der Waals surface area contributed by atoms with Crippen LogP contribution in [0.25, 0.3) is 0 Å². The number of unbranched alkanes of at least 4 members (excludes halogenated alkanes) is 1. The van der Waals surface area contributed by atoms with Crippen LogP contribution in [0.5, 0.6) is 5.88 Å². The maximum atomic E-state index is 8.86. The van der Waals surface area contributed by atoms with E-state index in [0.29, 0.717) is 29.0 Å². The lowest BCUT2D eigenvalue weighted by molar-refractivity contribution is 0.226. The molecule has 1 aromatic heterocycles. The Morgan fingerprint density at radius 1 is 1.50 bits per heavy atom. The number of hydrogen-bond acceptors (Lipinski definition) is 3. The van der Waals surface area contributed by atoms with E-state index >= 15 is 0 Å². The van der Waals surface area contributed by atoms with Crippen LogP contribution >= 0.6 is 11.6 Å². The first kappa shape index (κ1) is 14.8. The molecule has 1 unspecified atom stereocenters. The number of pyridine rings is 1. The molecular formula is C14H19ClN2O. The van der Waals surface area contributed by atoms with Crippen LogP contribution in [-0.2, 0) is 0 Å². The van der Waals surface area contributed by atoms with E-state index in [-0.39, 0.29) is 0 Å². The quantitative estimate of drug-likeness (QED) is 0.743. The molecule has 0 aliphatic rings. The van der Waals surface area contributed by atoms with Gasteiger partial charge in [0.25, 0.3) is 0 Å². The SMILES string of the molecule is CCCCC(CC)COc1nccc(C#N)c1Cl. The highest BCUT2D eigenvalue weighted by Crippen LogP contribution is 2.26. The van der Waals surface area contributed by atoms with Crippen LogP contribution in [0, 0.1) is 17.2 Å². The Hall–Kier alpha value is -1.27. The lowest BCUT2D eigenvalue weighted by Gasteiger charge is -2.15. The van der Waals surface area contributed by atoms with Crippen LogP contribution in [-0.4, -0.2) is 11.6 Å². The molecule has 98 valence electrons. The van der Waals surface area contributed by atoms with Crippen molar-refractivity contribution < 1.29 is 4.74 Å². The van der Waals surface area contributed by atoms with Crippen molar-refractivity contribution in [2.24, 2.45) is 5.92 Å². The summed E-state index contributed by atoms with van der Waals surface area (Å²) in [5.41, 5.74) is 0.406. The molecule has 1 rings (SSSR count). The highest BCUT2D eigenvalue weighted by molar-refractivity contribution is 6.32. The van der Waals surface area contributed by atoms with Crippen LogP contribution in [0.3, 0.4) is 0 Å². The third-order valence-corrected chi connectivity index (χ3v) is 3.34. The summed E-state index contributed by atoms with van der Waals surface area (Å²) >= 11 is 6.03. The van der Waals surface area contributed by atoms with Crippen LogP contribution in [0.2, 0.25) is 5.02 Å².